The molecule has 1 aliphatic carbocycles. The van der Waals surface area contributed by atoms with Crippen LogP contribution in [0, 0.1) is 17.6 Å². The molecule has 2 fully saturated rings. The number of aliphatic hydroxyl groups excluding tert-OH is 1. The Morgan fingerprint density at radius 1 is 0.977 bits per heavy atom. The van der Waals surface area contributed by atoms with Crippen molar-refractivity contribution in [1.82, 2.24) is 15.5 Å². The van der Waals surface area contributed by atoms with Crippen LogP contribution in [0.25, 0.3) is 0 Å². The number of rotatable bonds is 9. The summed E-state index contributed by atoms with van der Waals surface area (Å²) in [6.45, 7) is 1.32. The lowest BCUT2D eigenvalue weighted by Crippen LogP contribution is -2.47. The minimum Gasteiger partial charge on any atom is -0.393 e. The van der Waals surface area contributed by atoms with Crippen molar-refractivity contribution in [2.75, 3.05) is 49.5 Å². The molecule has 236 valence electrons. The van der Waals surface area contributed by atoms with Gasteiger partial charge in [-0.2, -0.15) is 13.2 Å². The zero-order valence-corrected chi connectivity index (χ0v) is 24.2. The average Bonchev–Trinajstić information content (AvgIpc) is 2.97. The molecule has 1 saturated carbocycles. The maximum absolute atomic E-state index is 15.0. The quantitative estimate of drug-likeness (QED) is 0.282. The Bertz CT molecular complexity index is 1290. The fourth-order valence-corrected chi connectivity index (χ4v) is 5.51. The number of anilines is 2. The molecule has 2 aliphatic rings. The molecule has 0 radical (unpaired) electrons. The number of piperazine rings is 1. The summed E-state index contributed by atoms with van der Waals surface area (Å²) in [5.74, 6) is -3.62. The highest BCUT2D eigenvalue weighted by atomic mass is 35.5. The van der Waals surface area contributed by atoms with E-state index in [2.05, 4.69) is 16.0 Å². The van der Waals surface area contributed by atoms with Crippen molar-refractivity contribution in [2.24, 2.45) is 5.92 Å². The second-order valence-electron chi connectivity index (χ2n) is 10.9. The average molecular weight is 632 g/mol. The van der Waals surface area contributed by atoms with Gasteiger partial charge in [-0.3, -0.25) is 9.69 Å². The Kier molecular flexibility index (Phi) is 11.1. The van der Waals surface area contributed by atoms with Gasteiger partial charge in [-0.05, 0) is 37.1 Å². The molecule has 1 aliphatic heterocycles. The summed E-state index contributed by atoms with van der Waals surface area (Å²) in [4.78, 5) is 28.7. The molecule has 2 aromatic rings. The minimum absolute atomic E-state index is 0.0551. The van der Waals surface area contributed by atoms with Crippen LogP contribution in [0.5, 0.6) is 0 Å². The van der Waals surface area contributed by atoms with E-state index in [1.54, 1.807) is 11.0 Å². The normalized spacial score (nSPS) is 19.7. The predicted molar refractivity (Wildman–Crippen MR) is 153 cm³/mol. The maximum Gasteiger partial charge on any atom is 0.390 e. The van der Waals surface area contributed by atoms with Gasteiger partial charge in [0.1, 0.15) is 0 Å². The third-order valence-electron chi connectivity index (χ3n) is 7.87. The second kappa shape index (κ2) is 14.5. The van der Waals surface area contributed by atoms with Crippen LogP contribution in [0.2, 0.25) is 5.02 Å². The Morgan fingerprint density at radius 3 is 2.40 bits per heavy atom. The standard InChI is InChI=1S/C29H35ClF5N5O3/c30-20-6-8-22(23(15-20)40-13-11-39(12-14-40)10-9-29(33,34)35)38-27(42)21-7-5-19(25(31)26(21)32)17-37-28(43)36-16-18-3-1-2-4-24(18)41/h5-8,15,18,24,41H,1-4,9-14,16-17H2,(H,38,42)(H2,36,37,43). The van der Waals surface area contributed by atoms with E-state index in [1.165, 1.54) is 18.2 Å². The lowest BCUT2D eigenvalue weighted by Gasteiger charge is -2.37. The lowest BCUT2D eigenvalue weighted by atomic mass is 9.86. The first-order valence-corrected chi connectivity index (χ1v) is 14.6. The van der Waals surface area contributed by atoms with Gasteiger partial charge < -0.3 is 26.0 Å². The van der Waals surface area contributed by atoms with Crippen molar-refractivity contribution < 1.29 is 36.6 Å². The summed E-state index contributed by atoms with van der Waals surface area (Å²) in [7, 11) is 0. The van der Waals surface area contributed by atoms with Gasteiger partial charge in [0.2, 0.25) is 0 Å². The summed E-state index contributed by atoms with van der Waals surface area (Å²) in [6.07, 6.45) is -2.23. The number of carbonyl (C=O) groups is 2. The fourth-order valence-electron chi connectivity index (χ4n) is 5.35. The molecule has 1 heterocycles. The number of nitrogens with one attached hydrogen (secondary N) is 3. The van der Waals surface area contributed by atoms with E-state index in [4.69, 9.17) is 11.6 Å². The zero-order valence-electron chi connectivity index (χ0n) is 23.5. The second-order valence-corrected chi connectivity index (χ2v) is 11.3. The molecule has 1 saturated heterocycles. The van der Waals surface area contributed by atoms with Crippen molar-refractivity contribution in [3.05, 3.63) is 58.1 Å². The van der Waals surface area contributed by atoms with Crippen molar-refractivity contribution >= 4 is 34.9 Å². The highest BCUT2D eigenvalue weighted by Gasteiger charge is 2.29. The van der Waals surface area contributed by atoms with Crippen LogP contribution in [0.3, 0.4) is 0 Å². The molecule has 3 amide bonds. The van der Waals surface area contributed by atoms with Crippen LogP contribution in [-0.4, -0.2) is 73.5 Å². The third-order valence-corrected chi connectivity index (χ3v) is 8.11. The van der Waals surface area contributed by atoms with Crippen LogP contribution in [0.15, 0.2) is 30.3 Å². The molecule has 2 aromatic carbocycles. The number of aliphatic hydroxyl groups is 1. The highest BCUT2D eigenvalue weighted by Crippen LogP contribution is 2.31. The van der Waals surface area contributed by atoms with Crippen molar-refractivity contribution in [3.63, 3.8) is 0 Å². The number of benzene rings is 2. The number of hydrogen-bond acceptors (Lipinski definition) is 5. The van der Waals surface area contributed by atoms with Crippen molar-refractivity contribution in [2.45, 2.75) is 50.9 Å². The number of alkyl halides is 3. The summed E-state index contributed by atoms with van der Waals surface area (Å²) < 4.78 is 67.6. The molecular weight excluding hydrogens is 597 g/mol. The highest BCUT2D eigenvalue weighted by molar-refractivity contribution is 6.31. The Balaban J connectivity index is 1.35. The van der Waals surface area contributed by atoms with Crippen LogP contribution in [-0.2, 0) is 6.54 Å². The van der Waals surface area contributed by atoms with E-state index in [1.807, 2.05) is 4.90 Å². The van der Waals surface area contributed by atoms with E-state index >= 15 is 0 Å². The van der Waals surface area contributed by atoms with Gasteiger partial charge in [0.25, 0.3) is 5.91 Å². The van der Waals surface area contributed by atoms with E-state index in [0.717, 1.165) is 25.3 Å². The summed E-state index contributed by atoms with van der Waals surface area (Å²) >= 11 is 6.17. The first-order chi connectivity index (χ1) is 20.4. The Morgan fingerprint density at radius 2 is 1.70 bits per heavy atom. The van der Waals surface area contributed by atoms with Crippen LogP contribution >= 0.6 is 11.6 Å². The molecule has 43 heavy (non-hydrogen) atoms. The number of amides is 3. The molecule has 2 unspecified atom stereocenters. The van der Waals surface area contributed by atoms with Crippen LogP contribution < -0.4 is 20.9 Å². The number of carbonyl (C=O) groups excluding carboxylic acids is 2. The molecule has 4 N–H and O–H groups in total. The SMILES string of the molecule is O=C(NCc1ccc(C(=O)Nc2ccc(Cl)cc2N2CCN(CCC(F)(F)F)CC2)c(F)c1F)NCC1CCCCC1O. The zero-order chi connectivity index (χ0) is 31.1. The molecule has 0 spiro atoms. The number of nitrogens with zero attached hydrogens (tertiary/aromatic N) is 2. The van der Waals surface area contributed by atoms with Gasteiger partial charge in [-0.1, -0.05) is 30.5 Å². The fraction of sp³-hybridized carbons (Fsp3) is 0.517. The van der Waals surface area contributed by atoms with E-state index in [9.17, 15) is 36.6 Å². The molecule has 2 atom stereocenters. The van der Waals surface area contributed by atoms with E-state index in [0.29, 0.717) is 43.3 Å². The number of hydrogen-bond donors (Lipinski definition) is 4. The van der Waals surface area contributed by atoms with Gasteiger partial charge >= 0.3 is 12.2 Å². The largest absolute Gasteiger partial charge is 0.393 e. The summed E-state index contributed by atoms with van der Waals surface area (Å²) in [5, 5.41) is 18.1. The van der Waals surface area contributed by atoms with Gasteiger partial charge in [0, 0.05) is 62.3 Å². The monoisotopic (exact) mass is 631 g/mol. The molecule has 14 heteroatoms. The summed E-state index contributed by atoms with van der Waals surface area (Å²) in [5.41, 5.74) is 0.0839. The first kappa shape index (κ1) is 32.7. The minimum atomic E-state index is -4.24. The van der Waals surface area contributed by atoms with Crippen LogP contribution in [0.4, 0.5) is 38.1 Å². The van der Waals surface area contributed by atoms with Gasteiger partial charge in [-0.25, -0.2) is 13.6 Å². The summed E-state index contributed by atoms with van der Waals surface area (Å²) in [6, 6.07) is 6.37. The number of urea groups is 1. The topological polar surface area (TPSA) is 96.9 Å². The Labute approximate surface area is 251 Å². The van der Waals surface area contributed by atoms with E-state index < -0.39 is 47.8 Å². The Hall–Kier alpha value is -3.16. The van der Waals surface area contributed by atoms with Gasteiger partial charge in [0.15, 0.2) is 11.6 Å². The van der Waals surface area contributed by atoms with Crippen LogP contribution in [0.1, 0.15) is 48.0 Å². The molecule has 8 nitrogen and oxygen atoms in total. The van der Waals surface area contributed by atoms with Crippen molar-refractivity contribution in [3.8, 4) is 0 Å². The first-order valence-electron chi connectivity index (χ1n) is 14.2. The van der Waals surface area contributed by atoms with Gasteiger partial charge in [0.05, 0.1) is 29.5 Å². The number of halogens is 6. The maximum atomic E-state index is 15.0. The smallest absolute Gasteiger partial charge is 0.390 e. The van der Waals surface area contributed by atoms with Gasteiger partial charge in [-0.15, -0.1) is 0 Å². The van der Waals surface area contributed by atoms with Crippen molar-refractivity contribution in [1.29, 1.82) is 0 Å². The lowest BCUT2D eigenvalue weighted by molar-refractivity contribution is -0.138. The molecular formula is C29H35ClF5N5O3. The predicted octanol–water partition coefficient (Wildman–Crippen LogP) is 5.30. The third kappa shape index (κ3) is 9.16. The molecule has 0 aromatic heterocycles. The van der Waals surface area contributed by atoms with E-state index in [-0.39, 0.29) is 36.8 Å². The molecule has 0 bridgehead atoms. The molecule has 4 rings (SSSR count).